The number of nitrogens with zero attached hydrogens (tertiary/aromatic N) is 1. The first kappa shape index (κ1) is 15.1. The molecule has 0 aromatic heterocycles. The van der Waals surface area contributed by atoms with Crippen LogP contribution in [0.3, 0.4) is 0 Å². The third kappa shape index (κ3) is 7.99. The van der Waals surface area contributed by atoms with E-state index in [4.69, 9.17) is 4.74 Å². The molecule has 0 aliphatic rings. The van der Waals surface area contributed by atoms with E-state index in [0.717, 1.165) is 6.54 Å². The van der Waals surface area contributed by atoms with Crippen molar-refractivity contribution in [2.24, 2.45) is 0 Å². The van der Waals surface area contributed by atoms with Crippen molar-refractivity contribution in [2.75, 3.05) is 20.6 Å². The Morgan fingerprint density at radius 3 is 2.31 bits per heavy atom. The number of carbonyl (C=O) groups excluding carboxylic acids is 1. The van der Waals surface area contributed by atoms with Gasteiger partial charge in [0.2, 0.25) is 0 Å². The molecule has 0 heterocycles. The summed E-state index contributed by atoms with van der Waals surface area (Å²) in [5.74, 6) is -0.315. The van der Waals surface area contributed by atoms with Crippen molar-refractivity contribution in [3.8, 4) is 0 Å². The molecule has 0 amide bonds. The third-order valence-electron chi connectivity index (χ3n) is 1.28. The summed E-state index contributed by atoms with van der Waals surface area (Å²) < 4.78 is 5.04. The molecule has 0 rings (SSSR count). The molecule has 78 valence electrons. The van der Waals surface area contributed by atoms with Crippen molar-refractivity contribution in [3.63, 3.8) is 0 Å². The molecular weight excluding hydrogens is 234 g/mol. The lowest BCUT2D eigenvalue weighted by Gasteiger charge is -2.17. The average molecular weight is 252 g/mol. The predicted octanol–water partition coefficient (Wildman–Crippen LogP) is 1.63. The highest BCUT2D eigenvalue weighted by Crippen LogP contribution is 1.98. The van der Waals surface area contributed by atoms with Gasteiger partial charge in [-0.05, 0) is 27.9 Å². The van der Waals surface area contributed by atoms with E-state index in [2.05, 4.69) is 6.58 Å². The molecule has 0 aromatic carbocycles. The van der Waals surface area contributed by atoms with Gasteiger partial charge < -0.3 is 9.64 Å². The SMILES string of the molecule is Br.C=C(C)C(=O)OC(C)CN(C)C. The van der Waals surface area contributed by atoms with E-state index in [1.54, 1.807) is 6.92 Å². The Bertz CT molecular complexity index is 180. The number of hydrogen-bond acceptors (Lipinski definition) is 3. The zero-order valence-electron chi connectivity index (χ0n) is 8.66. The first-order valence-electron chi connectivity index (χ1n) is 3.94. The van der Waals surface area contributed by atoms with Crippen LogP contribution in [-0.4, -0.2) is 37.6 Å². The molecule has 0 bridgehead atoms. The van der Waals surface area contributed by atoms with Gasteiger partial charge in [0, 0.05) is 12.1 Å². The van der Waals surface area contributed by atoms with E-state index in [9.17, 15) is 4.79 Å². The van der Waals surface area contributed by atoms with Gasteiger partial charge >= 0.3 is 5.97 Å². The summed E-state index contributed by atoms with van der Waals surface area (Å²) in [5.41, 5.74) is 0.445. The second-order valence-corrected chi connectivity index (χ2v) is 3.26. The fourth-order valence-electron chi connectivity index (χ4n) is 0.835. The topological polar surface area (TPSA) is 29.5 Å². The maximum absolute atomic E-state index is 11.0. The van der Waals surface area contributed by atoms with Gasteiger partial charge in [0.25, 0.3) is 0 Å². The van der Waals surface area contributed by atoms with Crippen molar-refractivity contribution in [2.45, 2.75) is 20.0 Å². The van der Waals surface area contributed by atoms with Crippen LogP contribution >= 0.6 is 17.0 Å². The molecule has 0 spiro atoms. The lowest BCUT2D eigenvalue weighted by atomic mass is 10.3. The molecule has 0 saturated heterocycles. The smallest absolute Gasteiger partial charge is 0.333 e. The molecule has 0 aliphatic carbocycles. The first-order valence-corrected chi connectivity index (χ1v) is 3.94. The Balaban J connectivity index is 0. The lowest BCUT2D eigenvalue weighted by molar-refractivity contribution is -0.143. The second kappa shape index (κ2) is 7.09. The van der Waals surface area contributed by atoms with Crippen molar-refractivity contribution >= 4 is 23.0 Å². The monoisotopic (exact) mass is 251 g/mol. The summed E-state index contributed by atoms with van der Waals surface area (Å²) in [6.45, 7) is 7.74. The number of carbonyl (C=O) groups is 1. The summed E-state index contributed by atoms with van der Waals surface area (Å²) in [5, 5.41) is 0. The molecule has 0 aromatic rings. The number of likely N-dealkylation sites (N-methyl/N-ethyl adjacent to an activating group) is 1. The largest absolute Gasteiger partial charge is 0.458 e. The van der Waals surface area contributed by atoms with E-state index in [1.165, 1.54) is 0 Å². The van der Waals surface area contributed by atoms with Crippen LogP contribution in [0.25, 0.3) is 0 Å². The number of esters is 1. The highest BCUT2D eigenvalue weighted by molar-refractivity contribution is 8.93. The number of ether oxygens (including phenoxy) is 1. The minimum absolute atomic E-state index is 0. The van der Waals surface area contributed by atoms with Crippen LogP contribution < -0.4 is 0 Å². The summed E-state index contributed by atoms with van der Waals surface area (Å²) in [4.78, 5) is 13.0. The summed E-state index contributed by atoms with van der Waals surface area (Å²) >= 11 is 0. The summed E-state index contributed by atoms with van der Waals surface area (Å²) in [6.07, 6.45) is -0.0794. The van der Waals surface area contributed by atoms with E-state index in [-0.39, 0.29) is 29.1 Å². The second-order valence-electron chi connectivity index (χ2n) is 3.26. The predicted molar refractivity (Wildman–Crippen MR) is 59.2 cm³/mol. The van der Waals surface area contributed by atoms with E-state index < -0.39 is 0 Å². The minimum atomic E-state index is -0.315. The van der Waals surface area contributed by atoms with Crippen LogP contribution in [0.4, 0.5) is 0 Å². The van der Waals surface area contributed by atoms with Gasteiger partial charge in [-0.1, -0.05) is 6.58 Å². The molecule has 0 N–H and O–H groups in total. The normalized spacial score (nSPS) is 11.8. The van der Waals surface area contributed by atoms with Crippen molar-refractivity contribution in [1.82, 2.24) is 4.90 Å². The van der Waals surface area contributed by atoms with Gasteiger partial charge in [-0.2, -0.15) is 0 Å². The average Bonchev–Trinajstić information content (AvgIpc) is 1.84. The van der Waals surface area contributed by atoms with Crippen LogP contribution in [0, 0.1) is 0 Å². The van der Waals surface area contributed by atoms with Gasteiger partial charge in [-0.25, -0.2) is 4.79 Å². The van der Waals surface area contributed by atoms with Gasteiger partial charge in [0.15, 0.2) is 0 Å². The van der Waals surface area contributed by atoms with Crippen LogP contribution in [0.15, 0.2) is 12.2 Å². The van der Waals surface area contributed by atoms with Crippen molar-refractivity contribution in [1.29, 1.82) is 0 Å². The molecule has 13 heavy (non-hydrogen) atoms. The molecule has 4 heteroatoms. The third-order valence-corrected chi connectivity index (χ3v) is 1.28. The van der Waals surface area contributed by atoms with Gasteiger partial charge in [-0.15, -0.1) is 17.0 Å². The van der Waals surface area contributed by atoms with Gasteiger partial charge in [0.1, 0.15) is 6.10 Å². The molecular formula is C9H18BrNO2. The Morgan fingerprint density at radius 1 is 1.54 bits per heavy atom. The number of halogens is 1. The van der Waals surface area contributed by atoms with E-state index in [0.29, 0.717) is 5.57 Å². The summed E-state index contributed by atoms with van der Waals surface area (Å²) in [7, 11) is 3.87. The Kier molecular flexibility index (Phi) is 8.26. The Labute approximate surface area is 90.5 Å². The quantitative estimate of drug-likeness (QED) is 0.562. The highest BCUT2D eigenvalue weighted by atomic mass is 79.9. The minimum Gasteiger partial charge on any atom is -0.458 e. The first-order chi connectivity index (χ1) is 5.43. The van der Waals surface area contributed by atoms with E-state index in [1.807, 2.05) is 25.9 Å². The van der Waals surface area contributed by atoms with E-state index >= 15 is 0 Å². The molecule has 0 aliphatic heterocycles. The van der Waals surface area contributed by atoms with Crippen molar-refractivity contribution < 1.29 is 9.53 Å². The molecule has 0 fully saturated rings. The van der Waals surface area contributed by atoms with Gasteiger partial charge in [-0.3, -0.25) is 0 Å². The maximum Gasteiger partial charge on any atom is 0.333 e. The number of rotatable bonds is 4. The Morgan fingerprint density at radius 2 is 2.00 bits per heavy atom. The molecule has 0 radical (unpaired) electrons. The van der Waals surface area contributed by atoms with Gasteiger partial charge in [0.05, 0.1) is 0 Å². The molecule has 1 atom stereocenters. The lowest BCUT2D eigenvalue weighted by Crippen LogP contribution is -2.28. The van der Waals surface area contributed by atoms with Crippen LogP contribution in [-0.2, 0) is 9.53 Å². The summed E-state index contributed by atoms with van der Waals surface area (Å²) in [6, 6.07) is 0. The Hall–Kier alpha value is -0.350. The van der Waals surface area contributed by atoms with Crippen LogP contribution in [0.2, 0.25) is 0 Å². The fraction of sp³-hybridized carbons (Fsp3) is 0.667. The van der Waals surface area contributed by atoms with Crippen LogP contribution in [0.1, 0.15) is 13.8 Å². The highest BCUT2D eigenvalue weighted by Gasteiger charge is 2.09. The standard InChI is InChI=1S/C9H17NO2.BrH/c1-7(2)9(11)12-8(3)6-10(4)5;/h8H,1,6H2,2-5H3;1H. The maximum atomic E-state index is 11.0. The fourth-order valence-corrected chi connectivity index (χ4v) is 0.835. The zero-order chi connectivity index (χ0) is 9.72. The zero-order valence-corrected chi connectivity index (χ0v) is 10.4. The molecule has 1 unspecified atom stereocenters. The molecule has 0 saturated carbocycles. The van der Waals surface area contributed by atoms with Crippen LogP contribution in [0.5, 0.6) is 0 Å². The number of hydrogen-bond donors (Lipinski definition) is 0. The molecule has 3 nitrogen and oxygen atoms in total. The van der Waals surface area contributed by atoms with Crippen molar-refractivity contribution in [3.05, 3.63) is 12.2 Å².